The van der Waals surface area contributed by atoms with E-state index in [2.05, 4.69) is 11.4 Å². The van der Waals surface area contributed by atoms with Crippen LogP contribution >= 0.6 is 0 Å². The van der Waals surface area contributed by atoms with Crippen molar-refractivity contribution in [2.75, 3.05) is 26.8 Å². The first-order chi connectivity index (χ1) is 9.17. The van der Waals surface area contributed by atoms with Crippen LogP contribution in [0.1, 0.15) is 19.4 Å². The molecular weight excluding hydrogens is 242 g/mol. The van der Waals surface area contributed by atoms with Crippen LogP contribution in [0.2, 0.25) is 0 Å². The van der Waals surface area contributed by atoms with Gasteiger partial charge < -0.3 is 14.8 Å². The van der Waals surface area contributed by atoms with Gasteiger partial charge in [0, 0.05) is 6.54 Å². The number of carbonyl (C=O) groups is 1. The predicted octanol–water partition coefficient (Wildman–Crippen LogP) is 2.03. The third-order valence-corrected chi connectivity index (χ3v) is 2.86. The van der Waals surface area contributed by atoms with Crippen molar-refractivity contribution in [1.82, 2.24) is 5.32 Å². The lowest BCUT2D eigenvalue weighted by atomic mass is 10.1. The summed E-state index contributed by atoms with van der Waals surface area (Å²) in [4.78, 5) is 11.4. The number of methoxy groups -OCH3 is 1. The number of hydrogen-bond acceptors (Lipinski definition) is 4. The molecule has 0 bridgehead atoms. The van der Waals surface area contributed by atoms with E-state index in [-0.39, 0.29) is 11.9 Å². The van der Waals surface area contributed by atoms with Crippen molar-refractivity contribution < 1.29 is 14.3 Å². The van der Waals surface area contributed by atoms with E-state index in [9.17, 15) is 4.79 Å². The van der Waals surface area contributed by atoms with Gasteiger partial charge in [-0.1, -0.05) is 19.1 Å². The van der Waals surface area contributed by atoms with E-state index in [4.69, 9.17) is 9.47 Å². The van der Waals surface area contributed by atoms with Gasteiger partial charge in [-0.05, 0) is 37.6 Å². The molecular formula is C15H23NO3. The van der Waals surface area contributed by atoms with Gasteiger partial charge in [-0.25, -0.2) is 0 Å². The maximum Gasteiger partial charge on any atom is 0.309 e. The molecule has 0 saturated heterocycles. The number of rotatable bonds is 8. The molecule has 19 heavy (non-hydrogen) atoms. The summed E-state index contributed by atoms with van der Waals surface area (Å²) in [5.74, 6) is 0.624. The van der Waals surface area contributed by atoms with Gasteiger partial charge in [0.05, 0.1) is 19.6 Å². The van der Waals surface area contributed by atoms with Gasteiger partial charge in [0.1, 0.15) is 5.75 Å². The highest BCUT2D eigenvalue weighted by molar-refractivity contribution is 5.72. The Balaban J connectivity index is 2.25. The maximum atomic E-state index is 11.4. The normalized spacial score (nSPS) is 11.9. The smallest absolute Gasteiger partial charge is 0.309 e. The summed E-state index contributed by atoms with van der Waals surface area (Å²) in [5.41, 5.74) is 1.22. The number of benzene rings is 1. The first-order valence-electron chi connectivity index (χ1n) is 6.67. The molecule has 0 aliphatic heterocycles. The first kappa shape index (κ1) is 15.5. The Labute approximate surface area is 115 Å². The average molecular weight is 265 g/mol. The van der Waals surface area contributed by atoms with Crippen molar-refractivity contribution in [3.63, 3.8) is 0 Å². The molecule has 4 nitrogen and oxygen atoms in total. The lowest BCUT2D eigenvalue weighted by Gasteiger charge is -2.11. The van der Waals surface area contributed by atoms with E-state index in [1.807, 2.05) is 32.0 Å². The topological polar surface area (TPSA) is 47.6 Å². The van der Waals surface area contributed by atoms with Crippen molar-refractivity contribution in [2.24, 2.45) is 5.92 Å². The summed E-state index contributed by atoms with van der Waals surface area (Å²) in [7, 11) is 1.67. The highest BCUT2D eigenvalue weighted by Gasteiger charge is 2.12. The van der Waals surface area contributed by atoms with Crippen LogP contribution in [0.5, 0.6) is 5.75 Å². The summed E-state index contributed by atoms with van der Waals surface area (Å²) in [6, 6.07) is 8.00. The van der Waals surface area contributed by atoms with Crippen LogP contribution in [0.15, 0.2) is 24.3 Å². The van der Waals surface area contributed by atoms with Gasteiger partial charge in [0.15, 0.2) is 0 Å². The molecule has 0 saturated carbocycles. The fourth-order valence-corrected chi connectivity index (χ4v) is 1.75. The number of esters is 1. The lowest BCUT2D eigenvalue weighted by molar-refractivity contribution is -0.147. The van der Waals surface area contributed by atoms with Crippen LogP contribution < -0.4 is 10.1 Å². The minimum Gasteiger partial charge on any atom is -0.497 e. The van der Waals surface area contributed by atoms with E-state index in [0.717, 1.165) is 18.7 Å². The monoisotopic (exact) mass is 265 g/mol. The number of nitrogens with one attached hydrogen (secondary N) is 1. The average Bonchev–Trinajstić information content (AvgIpc) is 2.43. The highest BCUT2D eigenvalue weighted by atomic mass is 16.5. The van der Waals surface area contributed by atoms with E-state index in [1.54, 1.807) is 7.11 Å². The van der Waals surface area contributed by atoms with Crippen LogP contribution in [0.25, 0.3) is 0 Å². The molecule has 0 fully saturated rings. The first-order valence-corrected chi connectivity index (χ1v) is 6.67. The van der Waals surface area contributed by atoms with Crippen LogP contribution in [0, 0.1) is 5.92 Å². The quantitative estimate of drug-likeness (QED) is 0.577. The number of hydrogen-bond donors (Lipinski definition) is 1. The van der Waals surface area contributed by atoms with E-state index >= 15 is 0 Å². The largest absolute Gasteiger partial charge is 0.497 e. The highest BCUT2D eigenvalue weighted by Crippen LogP contribution is 2.12. The summed E-state index contributed by atoms with van der Waals surface area (Å²) < 4.78 is 10.1. The van der Waals surface area contributed by atoms with Gasteiger partial charge in [-0.2, -0.15) is 0 Å². The van der Waals surface area contributed by atoms with Crippen LogP contribution in [0.4, 0.5) is 0 Å². The number of carbonyl (C=O) groups excluding carboxylic acids is 1. The molecule has 1 rings (SSSR count). The van der Waals surface area contributed by atoms with Gasteiger partial charge in [0.2, 0.25) is 0 Å². The van der Waals surface area contributed by atoms with E-state index < -0.39 is 0 Å². The summed E-state index contributed by atoms with van der Waals surface area (Å²) >= 11 is 0. The molecule has 1 unspecified atom stereocenters. The minimum atomic E-state index is -0.142. The zero-order valence-corrected chi connectivity index (χ0v) is 11.9. The van der Waals surface area contributed by atoms with Gasteiger partial charge in [-0.15, -0.1) is 0 Å². The zero-order valence-electron chi connectivity index (χ0n) is 11.9. The SMILES string of the molecule is CCOC(=O)C(C)CNCCc1cccc(OC)c1. The second-order valence-electron chi connectivity index (χ2n) is 4.46. The molecule has 0 aliphatic rings. The summed E-state index contributed by atoms with van der Waals surface area (Å²) in [6.45, 7) is 5.60. The molecule has 1 N–H and O–H groups in total. The summed E-state index contributed by atoms with van der Waals surface area (Å²) in [6.07, 6.45) is 0.909. The fraction of sp³-hybridized carbons (Fsp3) is 0.533. The van der Waals surface area contributed by atoms with Crippen LogP contribution in [-0.2, 0) is 16.0 Å². The third-order valence-electron chi connectivity index (χ3n) is 2.86. The molecule has 1 aromatic rings. The summed E-state index contributed by atoms with van der Waals surface area (Å²) in [5, 5.41) is 3.27. The van der Waals surface area contributed by atoms with E-state index in [1.165, 1.54) is 5.56 Å². The Morgan fingerprint density at radius 1 is 1.42 bits per heavy atom. The van der Waals surface area contributed by atoms with Crippen molar-refractivity contribution >= 4 is 5.97 Å². The predicted molar refractivity (Wildman–Crippen MR) is 75.4 cm³/mol. The maximum absolute atomic E-state index is 11.4. The Morgan fingerprint density at radius 2 is 2.21 bits per heavy atom. The molecule has 0 amide bonds. The molecule has 0 heterocycles. The van der Waals surface area contributed by atoms with Gasteiger partial charge >= 0.3 is 5.97 Å². The van der Waals surface area contributed by atoms with Crippen LogP contribution in [0.3, 0.4) is 0 Å². The second-order valence-corrected chi connectivity index (χ2v) is 4.46. The second kappa shape index (κ2) is 8.53. The molecule has 0 aliphatic carbocycles. The lowest BCUT2D eigenvalue weighted by Crippen LogP contribution is -2.29. The molecule has 0 aromatic heterocycles. The number of ether oxygens (including phenoxy) is 2. The van der Waals surface area contributed by atoms with E-state index in [0.29, 0.717) is 13.2 Å². The molecule has 0 radical (unpaired) electrons. The van der Waals surface area contributed by atoms with Crippen LogP contribution in [-0.4, -0.2) is 32.8 Å². The zero-order chi connectivity index (χ0) is 14.1. The molecule has 106 valence electrons. The Hall–Kier alpha value is -1.55. The Morgan fingerprint density at radius 3 is 2.89 bits per heavy atom. The van der Waals surface area contributed by atoms with Gasteiger partial charge in [-0.3, -0.25) is 4.79 Å². The standard InChI is InChI=1S/C15H23NO3/c1-4-19-15(17)12(2)11-16-9-8-13-6-5-7-14(10-13)18-3/h5-7,10,12,16H,4,8-9,11H2,1-3H3. The van der Waals surface area contributed by atoms with Crippen molar-refractivity contribution in [1.29, 1.82) is 0 Å². The van der Waals surface area contributed by atoms with Gasteiger partial charge in [0.25, 0.3) is 0 Å². The molecule has 0 spiro atoms. The molecule has 1 atom stereocenters. The Bertz CT molecular complexity index is 393. The van der Waals surface area contributed by atoms with Crippen molar-refractivity contribution in [3.8, 4) is 5.75 Å². The van der Waals surface area contributed by atoms with Crippen molar-refractivity contribution in [2.45, 2.75) is 20.3 Å². The van der Waals surface area contributed by atoms with Crippen molar-refractivity contribution in [3.05, 3.63) is 29.8 Å². The Kier molecular flexibility index (Phi) is 6.97. The molecule has 1 aromatic carbocycles. The minimum absolute atomic E-state index is 0.106. The third kappa shape index (κ3) is 5.75. The molecule has 4 heteroatoms. The fourth-order valence-electron chi connectivity index (χ4n) is 1.75.